The molecule has 0 unspecified atom stereocenters. The van der Waals surface area contributed by atoms with Gasteiger partial charge in [0.05, 0.1) is 18.8 Å². The van der Waals surface area contributed by atoms with E-state index < -0.39 is 0 Å². The lowest BCUT2D eigenvalue weighted by Gasteiger charge is -2.16. The molecule has 0 aromatic heterocycles. The summed E-state index contributed by atoms with van der Waals surface area (Å²) in [6.45, 7) is 8.34. The number of carbonyl (C=O) groups excluding carboxylic acids is 2. The van der Waals surface area contributed by atoms with E-state index in [1.807, 2.05) is 0 Å². The highest BCUT2D eigenvalue weighted by Gasteiger charge is 2.14. The minimum absolute atomic E-state index is 0.0968. The molecule has 0 N–H and O–H groups in total. The standard InChI is InChI=1S/C11H20O3S/c1-5-14-10(13)7-6-9(12)8-15-11(2,3)4/h5-8H2,1-4H3. The molecule has 0 atom stereocenters. The molecular formula is C11H20O3S. The van der Waals surface area contributed by atoms with E-state index in [-0.39, 0.29) is 22.9 Å². The molecule has 88 valence electrons. The molecule has 0 saturated carbocycles. The molecule has 0 bridgehead atoms. The average Bonchev–Trinajstić information content (AvgIpc) is 2.11. The van der Waals surface area contributed by atoms with Crippen molar-refractivity contribution in [3.05, 3.63) is 0 Å². The van der Waals surface area contributed by atoms with E-state index in [1.54, 1.807) is 18.7 Å². The molecule has 0 aliphatic rings. The first kappa shape index (κ1) is 14.5. The molecule has 0 aliphatic heterocycles. The van der Waals surface area contributed by atoms with Crippen molar-refractivity contribution in [1.82, 2.24) is 0 Å². The van der Waals surface area contributed by atoms with Crippen molar-refractivity contribution in [2.24, 2.45) is 0 Å². The van der Waals surface area contributed by atoms with Gasteiger partial charge < -0.3 is 4.74 Å². The predicted octanol–water partition coefficient (Wildman–Crippen LogP) is 2.43. The van der Waals surface area contributed by atoms with Gasteiger partial charge in [0.1, 0.15) is 5.78 Å². The van der Waals surface area contributed by atoms with Crippen LogP contribution in [0.3, 0.4) is 0 Å². The topological polar surface area (TPSA) is 43.4 Å². The number of esters is 1. The molecule has 0 aromatic carbocycles. The Morgan fingerprint density at radius 2 is 1.80 bits per heavy atom. The van der Waals surface area contributed by atoms with Gasteiger partial charge in [0.15, 0.2) is 0 Å². The van der Waals surface area contributed by atoms with Crippen LogP contribution in [0.25, 0.3) is 0 Å². The predicted molar refractivity (Wildman–Crippen MR) is 63.1 cm³/mol. The summed E-state index contributed by atoms with van der Waals surface area (Å²) >= 11 is 1.61. The zero-order chi connectivity index (χ0) is 11.9. The summed E-state index contributed by atoms with van der Waals surface area (Å²) in [7, 11) is 0. The Kier molecular flexibility index (Phi) is 6.65. The van der Waals surface area contributed by atoms with Gasteiger partial charge in [0.25, 0.3) is 0 Å². The van der Waals surface area contributed by atoms with Crippen molar-refractivity contribution in [1.29, 1.82) is 0 Å². The molecular weight excluding hydrogens is 212 g/mol. The quantitative estimate of drug-likeness (QED) is 0.660. The lowest BCUT2D eigenvalue weighted by molar-refractivity contribution is -0.144. The second-order valence-electron chi connectivity index (χ2n) is 4.24. The molecule has 4 heteroatoms. The Hall–Kier alpha value is -0.510. The van der Waals surface area contributed by atoms with Gasteiger partial charge in [0.2, 0.25) is 0 Å². The molecule has 0 amide bonds. The number of Topliss-reactive ketones (excluding diaryl/α,β-unsaturated/α-hetero) is 1. The fourth-order valence-electron chi connectivity index (χ4n) is 0.844. The lowest BCUT2D eigenvalue weighted by Crippen LogP contribution is -2.14. The summed E-state index contributed by atoms with van der Waals surface area (Å²) in [6, 6.07) is 0. The zero-order valence-corrected chi connectivity index (χ0v) is 10.8. The first-order valence-corrected chi connectivity index (χ1v) is 6.15. The van der Waals surface area contributed by atoms with E-state index in [4.69, 9.17) is 4.74 Å². The molecule has 0 aliphatic carbocycles. The highest BCUT2D eigenvalue weighted by Crippen LogP contribution is 2.23. The van der Waals surface area contributed by atoms with Crippen LogP contribution in [-0.4, -0.2) is 28.9 Å². The van der Waals surface area contributed by atoms with Crippen LogP contribution in [0.4, 0.5) is 0 Å². The molecule has 15 heavy (non-hydrogen) atoms. The summed E-state index contributed by atoms with van der Waals surface area (Å²) in [6.07, 6.45) is 0.499. The molecule has 0 spiro atoms. The number of hydrogen-bond acceptors (Lipinski definition) is 4. The SMILES string of the molecule is CCOC(=O)CCC(=O)CSC(C)(C)C. The smallest absolute Gasteiger partial charge is 0.306 e. The molecule has 0 heterocycles. The van der Waals surface area contributed by atoms with Crippen molar-refractivity contribution >= 4 is 23.5 Å². The van der Waals surface area contributed by atoms with E-state index >= 15 is 0 Å². The maximum Gasteiger partial charge on any atom is 0.306 e. The third kappa shape index (κ3) is 9.79. The monoisotopic (exact) mass is 232 g/mol. The van der Waals surface area contributed by atoms with Crippen LogP contribution in [0, 0.1) is 0 Å². The second kappa shape index (κ2) is 6.88. The third-order valence-corrected chi connectivity index (χ3v) is 2.91. The van der Waals surface area contributed by atoms with Crippen molar-refractivity contribution in [3.8, 4) is 0 Å². The number of rotatable bonds is 6. The second-order valence-corrected chi connectivity index (χ2v) is 6.05. The summed E-state index contributed by atoms with van der Waals surface area (Å²) in [5.41, 5.74) is 0. The number of thioether (sulfide) groups is 1. The van der Waals surface area contributed by atoms with Gasteiger partial charge in [-0.1, -0.05) is 20.8 Å². The van der Waals surface area contributed by atoms with Gasteiger partial charge in [0, 0.05) is 11.2 Å². The summed E-state index contributed by atoms with van der Waals surface area (Å²) in [4.78, 5) is 22.3. The van der Waals surface area contributed by atoms with Crippen LogP contribution < -0.4 is 0 Å². The van der Waals surface area contributed by atoms with Crippen LogP contribution in [0.5, 0.6) is 0 Å². The summed E-state index contributed by atoms with van der Waals surface area (Å²) in [5, 5.41) is 0. The fourth-order valence-corrected chi connectivity index (χ4v) is 1.58. The van der Waals surface area contributed by atoms with Gasteiger partial charge in [-0.3, -0.25) is 9.59 Å². The van der Waals surface area contributed by atoms with Crippen LogP contribution in [0.1, 0.15) is 40.5 Å². The average molecular weight is 232 g/mol. The number of hydrogen-bond donors (Lipinski definition) is 0. The maximum absolute atomic E-state index is 11.4. The van der Waals surface area contributed by atoms with E-state index in [0.717, 1.165) is 0 Å². The van der Waals surface area contributed by atoms with Gasteiger partial charge in [-0.25, -0.2) is 0 Å². The Bertz CT molecular complexity index is 218. The van der Waals surface area contributed by atoms with Gasteiger partial charge in [-0.05, 0) is 6.92 Å². The summed E-state index contributed by atoms with van der Waals surface area (Å²) < 4.78 is 4.84. The minimum Gasteiger partial charge on any atom is -0.466 e. The Labute approximate surface area is 95.9 Å². The highest BCUT2D eigenvalue weighted by atomic mass is 32.2. The van der Waals surface area contributed by atoms with E-state index in [9.17, 15) is 9.59 Å². The molecule has 0 rings (SSSR count). The van der Waals surface area contributed by atoms with Gasteiger partial charge in [-0.15, -0.1) is 11.8 Å². The van der Waals surface area contributed by atoms with Crippen molar-refractivity contribution in [2.45, 2.75) is 45.3 Å². The largest absolute Gasteiger partial charge is 0.466 e. The number of ketones is 1. The summed E-state index contributed by atoms with van der Waals surface area (Å²) in [5.74, 6) is 0.303. The normalized spacial score (nSPS) is 11.2. The van der Waals surface area contributed by atoms with E-state index in [0.29, 0.717) is 18.8 Å². The Balaban J connectivity index is 3.62. The number of ether oxygens (including phenoxy) is 1. The number of carbonyl (C=O) groups is 2. The first-order valence-electron chi connectivity index (χ1n) is 5.16. The highest BCUT2D eigenvalue weighted by molar-refractivity contribution is 8.01. The van der Waals surface area contributed by atoms with Gasteiger partial charge in [-0.2, -0.15) is 0 Å². The van der Waals surface area contributed by atoms with Crippen LogP contribution in [0.2, 0.25) is 0 Å². The zero-order valence-electron chi connectivity index (χ0n) is 9.96. The lowest BCUT2D eigenvalue weighted by atomic mass is 10.2. The fraction of sp³-hybridized carbons (Fsp3) is 0.818. The molecule has 3 nitrogen and oxygen atoms in total. The maximum atomic E-state index is 11.4. The Morgan fingerprint density at radius 3 is 2.27 bits per heavy atom. The molecule has 0 radical (unpaired) electrons. The molecule has 0 fully saturated rings. The van der Waals surface area contributed by atoms with Crippen molar-refractivity contribution in [3.63, 3.8) is 0 Å². The van der Waals surface area contributed by atoms with Gasteiger partial charge >= 0.3 is 5.97 Å². The minimum atomic E-state index is -0.286. The molecule has 0 aromatic rings. The van der Waals surface area contributed by atoms with E-state index in [1.165, 1.54) is 0 Å². The van der Waals surface area contributed by atoms with Crippen LogP contribution in [-0.2, 0) is 14.3 Å². The van der Waals surface area contributed by atoms with E-state index in [2.05, 4.69) is 20.8 Å². The van der Waals surface area contributed by atoms with Crippen molar-refractivity contribution in [2.75, 3.05) is 12.4 Å². The molecule has 0 saturated heterocycles. The third-order valence-electron chi connectivity index (χ3n) is 1.58. The Morgan fingerprint density at radius 1 is 1.20 bits per heavy atom. The van der Waals surface area contributed by atoms with Crippen molar-refractivity contribution < 1.29 is 14.3 Å². The van der Waals surface area contributed by atoms with Crippen LogP contribution >= 0.6 is 11.8 Å². The van der Waals surface area contributed by atoms with Crippen LogP contribution in [0.15, 0.2) is 0 Å². The first-order chi connectivity index (χ1) is 6.85.